The Bertz CT molecular complexity index is 520. The number of benzene rings is 1. The van der Waals surface area contributed by atoms with Crippen molar-refractivity contribution in [3.05, 3.63) is 54.0 Å². The van der Waals surface area contributed by atoms with Crippen molar-refractivity contribution in [2.45, 2.75) is 6.54 Å². The fraction of sp³-hybridized carbons (Fsp3) is 0.214. The SMILES string of the molecule is COc1ccccc1C(=O)N(C)Cc1ccco1. The van der Waals surface area contributed by atoms with Gasteiger partial charge in [0, 0.05) is 7.05 Å². The molecule has 0 N–H and O–H groups in total. The molecule has 0 spiro atoms. The zero-order chi connectivity index (χ0) is 13.0. The molecule has 0 fully saturated rings. The van der Waals surface area contributed by atoms with Crippen molar-refractivity contribution in [3.63, 3.8) is 0 Å². The van der Waals surface area contributed by atoms with Crippen molar-refractivity contribution in [2.75, 3.05) is 14.2 Å². The smallest absolute Gasteiger partial charge is 0.257 e. The molecule has 1 heterocycles. The lowest BCUT2D eigenvalue weighted by Crippen LogP contribution is -2.26. The molecule has 2 aromatic rings. The largest absolute Gasteiger partial charge is 0.496 e. The maximum absolute atomic E-state index is 12.3. The summed E-state index contributed by atoms with van der Waals surface area (Å²) in [4.78, 5) is 13.8. The topological polar surface area (TPSA) is 42.7 Å². The van der Waals surface area contributed by atoms with E-state index in [1.165, 1.54) is 0 Å². The van der Waals surface area contributed by atoms with Gasteiger partial charge in [0.2, 0.25) is 0 Å². The molecule has 2 rings (SSSR count). The normalized spacial score (nSPS) is 10.1. The van der Waals surface area contributed by atoms with Gasteiger partial charge in [-0.1, -0.05) is 12.1 Å². The molecule has 94 valence electrons. The molecule has 0 saturated carbocycles. The summed E-state index contributed by atoms with van der Waals surface area (Å²) >= 11 is 0. The van der Waals surface area contributed by atoms with Gasteiger partial charge in [0.15, 0.2) is 0 Å². The van der Waals surface area contributed by atoms with Crippen LogP contribution in [0.1, 0.15) is 16.1 Å². The van der Waals surface area contributed by atoms with Crippen LogP contribution in [0.4, 0.5) is 0 Å². The summed E-state index contributed by atoms with van der Waals surface area (Å²) in [7, 11) is 3.29. The lowest BCUT2D eigenvalue weighted by molar-refractivity contribution is 0.0772. The number of ether oxygens (including phenoxy) is 1. The molecule has 1 amide bonds. The molecule has 0 radical (unpaired) electrons. The molecule has 4 heteroatoms. The van der Waals surface area contributed by atoms with E-state index in [1.807, 2.05) is 18.2 Å². The van der Waals surface area contributed by atoms with Crippen molar-refractivity contribution in [3.8, 4) is 5.75 Å². The Balaban J connectivity index is 2.15. The van der Waals surface area contributed by atoms with E-state index < -0.39 is 0 Å². The molecular formula is C14H15NO3. The van der Waals surface area contributed by atoms with E-state index in [2.05, 4.69) is 0 Å². The second-order valence-corrected chi connectivity index (χ2v) is 3.94. The lowest BCUT2D eigenvalue weighted by Gasteiger charge is -2.17. The number of carbonyl (C=O) groups excluding carboxylic acids is 1. The summed E-state index contributed by atoms with van der Waals surface area (Å²) in [5.41, 5.74) is 0.550. The third-order valence-corrected chi connectivity index (χ3v) is 2.66. The lowest BCUT2D eigenvalue weighted by atomic mass is 10.1. The van der Waals surface area contributed by atoms with Gasteiger partial charge < -0.3 is 14.1 Å². The van der Waals surface area contributed by atoms with Crippen LogP contribution < -0.4 is 4.74 Å². The molecule has 1 aromatic carbocycles. The minimum Gasteiger partial charge on any atom is -0.496 e. The number of carbonyl (C=O) groups is 1. The van der Waals surface area contributed by atoms with Crippen LogP contribution in [0.25, 0.3) is 0 Å². The first-order valence-electron chi connectivity index (χ1n) is 5.63. The number of amides is 1. The van der Waals surface area contributed by atoms with Crippen molar-refractivity contribution in [1.29, 1.82) is 0 Å². The molecule has 0 aliphatic carbocycles. The van der Waals surface area contributed by atoms with E-state index in [9.17, 15) is 4.79 Å². The van der Waals surface area contributed by atoms with E-state index in [0.29, 0.717) is 17.9 Å². The number of methoxy groups -OCH3 is 1. The number of nitrogens with zero attached hydrogens (tertiary/aromatic N) is 1. The van der Waals surface area contributed by atoms with Gasteiger partial charge in [-0.05, 0) is 24.3 Å². The molecule has 0 bridgehead atoms. The minimum absolute atomic E-state index is 0.0937. The van der Waals surface area contributed by atoms with Crippen LogP contribution in [-0.2, 0) is 6.54 Å². The second-order valence-electron chi connectivity index (χ2n) is 3.94. The molecule has 0 aliphatic heterocycles. The van der Waals surface area contributed by atoms with Crippen molar-refractivity contribution >= 4 is 5.91 Å². The van der Waals surface area contributed by atoms with E-state index in [-0.39, 0.29) is 5.91 Å². The minimum atomic E-state index is -0.0937. The first-order chi connectivity index (χ1) is 8.72. The monoisotopic (exact) mass is 245 g/mol. The summed E-state index contributed by atoms with van der Waals surface area (Å²) in [6, 6.07) is 10.8. The van der Waals surface area contributed by atoms with Crippen molar-refractivity contribution < 1.29 is 13.9 Å². The fourth-order valence-corrected chi connectivity index (χ4v) is 1.74. The fourth-order valence-electron chi connectivity index (χ4n) is 1.74. The van der Waals surface area contributed by atoms with Crippen LogP contribution in [0, 0.1) is 0 Å². The van der Waals surface area contributed by atoms with Gasteiger partial charge in [0.25, 0.3) is 5.91 Å². The van der Waals surface area contributed by atoms with Gasteiger partial charge >= 0.3 is 0 Å². The van der Waals surface area contributed by atoms with Crippen LogP contribution in [0.2, 0.25) is 0 Å². The average Bonchev–Trinajstić information content (AvgIpc) is 2.90. The van der Waals surface area contributed by atoms with Gasteiger partial charge in [-0.15, -0.1) is 0 Å². The third kappa shape index (κ3) is 2.53. The summed E-state index contributed by atoms with van der Waals surface area (Å²) < 4.78 is 10.4. The first kappa shape index (κ1) is 12.2. The Labute approximate surface area is 106 Å². The Hall–Kier alpha value is -2.23. The zero-order valence-corrected chi connectivity index (χ0v) is 10.4. The summed E-state index contributed by atoms with van der Waals surface area (Å²) in [5.74, 6) is 1.23. The zero-order valence-electron chi connectivity index (χ0n) is 10.4. The van der Waals surface area contributed by atoms with Gasteiger partial charge in [-0.3, -0.25) is 4.79 Å². The van der Waals surface area contributed by atoms with Crippen LogP contribution in [-0.4, -0.2) is 25.0 Å². The number of rotatable bonds is 4. The molecule has 4 nitrogen and oxygen atoms in total. The third-order valence-electron chi connectivity index (χ3n) is 2.66. The van der Waals surface area contributed by atoms with Gasteiger partial charge in [-0.2, -0.15) is 0 Å². The highest BCUT2D eigenvalue weighted by Gasteiger charge is 2.16. The van der Waals surface area contributed by atoms with Crippen LogP contribution >= 0.6 is 0 Å². The van der Waals surface area contributed by atoms with E-state index in [0.717, 1.165) is 5.76 Å². The maximum Gasteiger partial charge on any atom is 0.257 e. The predicted molar refractivity (Wildman–Crippen MR) is 67.5 cm³/mol. The second kappa shape index (κ2) is 5.40. The summed E-state index contributed by atoms with van der Waals surface area (Å²) in [5, 5.41) is 0. The molecule has 0 unspecified atom stereocenters. The average molecular weight is 245 g/mol. The van der Waals surface area contributed by atoms with Gasteiger partial charge in [0.1, 0.15) is 11.5 Å². The molecule has 18 heavy (non-hydrogen) atoms. The quantitative estimate of drug-likeness (QED) is 0.831. The Morgan fingerprint density at radius 3 is 2.72 bits per heavy atom. The van der Waals surface area contributed by atoms with E-state index in [1.54, 1.807) is 43.5 Å². The standard InChI is InChI=1S/C14H15NO3/c1-15(10-11-6-5-9-18-11)14(16)12-7-3-4-8-13(12)17-2/h3-9H,10H2,1-2H3. The highest BCUT2D eigenvalue weighted by molar-refractivity contribution is 5.96. The van der Waals surface area contributed by atoms with Crippen molar-refractivity contribution in [2.24, 2.45) is 0 Å². The Morgan fingerprint density at radius 2 is 2.06 bits per heavy atom. The van der Waals surface area contributed by atoms with Crippen molar-refractivity contribution in [1.82, 2.24) is 4.90 Å². The van der Waals surface area contributed by atoms with Gasteiger partial charge in [-0.25, -0.2) is 0 Å². The molecule has 0 atom stereocenters. The van der Waals surface area contributed by atoms with Gasteiger partial charge in [0.05, 0.1) is 25.5 Å². The summed E-state index contributed by atoms with van der Waals surface area (Å²) in [6.45, 7) is 0.434. The Morgan fingerprint density at radius 1 is 1.28 bits per heavy atom. The van der Waals surface area contributed by atoms with E-state index in [4.69, 9.17) is 9.15 Å². The number of hydrogen-bond donors (Lipinski definition) is 0. The molecule has 1 aromatic heterocycles. The predicted octanol–water partition coefficient (Wildman–Crippen LogP) is 2.56. The van der Waals surface area contributed by atoms with Crippen LogP contribution in [0.5, 0.6) is 5.75 Å². The highest BCUT2D eigenvalue weighted by Crippen LogP contribution is 2.19. The molecule has 0 aliphatic rings. The number of hydrogen-bond acceptors (Lipinski definition) is 3. The molecular weight excluding hydrogens is 230 g/mol. The first-order valence-corrected chi connectivity index (χ1v) is 5.63. The molecule has 0 saturated heterocycles. The van der Waals surface area contributed by atoms with E-state index >= 15 is 0 Å². The number of furan rings is 1. The highest BCUT2D eigenvalue weighted by atomic mass is 16.5. The van der Waals surface area contributed by atoms with Crippen LogP contribution in [0.15, 0.2) is 47.1 Å². The van der Waals surface area contributed by atoms with Crippen LogP contribution in [0.3, 0.4) is 0 Å². The Kier molecular flexibility index (Phi) is 3.67. The maximum atomic E-state index is 12.3. The number of para-hydroxylation sites is 1. The summed E-state index contributed by atoms with van der Waals surface area (Å²) in [6.07, 6.45) is 1.59.